The van der Waals surface area contributed by atoms with Crippen LogP contribution in [-0.2, 0) is 29.1 Å². The number of rotatable bonds is 7. The van der Waals surface area contributed by atoms with Crippen molar-refractivity contribution in [1.29, 1.82) is 0 Å². The number of halogens is 1. The van der Waals surface area contributed by atoms with Gasteiger partial charge in [-0.15, -0.1) is 0 Å². The van der Waals surface area contributed by atoms with Crippen LogP contribution in [0.5, 0.6) is 17.2 Å². The Hall–Kier alpha value is -4.07. The van der Waals surface area contributed by atoms with E-state index in [0.29, 0.717) is 41.6 Å². The SMILES string of the molecule is COc1ccc(CN2Cc3cc(NC(=O)Cc4ccc(F)cc4)ccc3OC(C)C2=O)c(OC)c1. The molecule has 35 heavy (non-hydrogen) atoms. The number of carbonyl (C=O) groups excluding carboxylic acids is 2. The quantitative estimate of drug-likeness (QED) is 0.547. The second-order valence-corrected chi connectivity index (χ2v) is 8.31. The van der Waals surface area contributed by atoms with Gasteiger partial charge >= 0.3 is 0 Å². The summed E-state index contributed by atoms with van der Waals surface area (Å²) < 4.78 is 29.8. The molecule has 7 nitrogen and oxygen atoms in total. The fourth-order valence-electron chi connectivity index (χ4n) is 3.99. The van der Waals surface area contributed by atoms with Gasteiger partial charge < -0.3 is 24.4 Å². The van der Waals surface area contributed by atoms with Crippen molar-refractivity contribution in [3.8, 4) is 17.2 Å². The lowest BCUT2D eigenvalue weighted by atomic mass is 10.1. The zero-order valence-corrected chi connectivity index (χ0v) is 19.8. The Balaban J connectivity index is 1.52. The number of nitrogens with one attached hydrogen (secondary N) is 1. The molecule has 0 aromatic heterocycles. The second-order valence-electron chi connectivity index (χ2n) is 8.31. The largest absolute Gasteiger partial charge is 0.497 e. The number of anilines is 1. The maximum absolute atomic E-state index is 13.1. The molecule has 182 valence electrons. The highest BCUT2D eigenvalue weighted by atomic mass is 19.1. The maximum atomic E-state index is 13.1. The van der Waals surface area contributed by atoms with Crippen LogP contribution in [0.1, 0.15) is 23.6 Å². The Labute approximate surface area is 203 Å². The first-order valence-electron chi connectivity index (χ1n) is 11.2. The first-order chi connectivity index (χ1) is 16.9. The Kier molecular flexibility index (Phi) is 7.19. The number of hydrogen-bond acceptors (Lipinski definition) is 5. The lowest BCUT2D eigenvalue weighted by molar-refractivity contribution is -0.138. The fourth-order valence-corrected chi connectivity index (χ4v) is 3.99. The van der Waals surface area contributed by atoms with E-state index in [9.17, 15) is 14.0 Å². The highest BCUT2D eigenvalue weighted by Crippen LogP contribution is 2.31. The lowest BCUT2D eigenvalue weighted by Gasteiger charge is -2.23. The van der Waals surface area contributed by atoms with Crippen LogP contribution in [0.4, 0.5) is 10.1 Å². The molecular formula is C27H27FN2O5. The van der Waals surface area contributed by atoms with Gasteiger partial charge in [-0.2, -0.15) is 0 Å². The Morgan fingerprint density at radius 2 is 1.86 bits per heavy atom. The van der Waals surface area contributed by atoms with Gasteiger partial charge in [-0.25, -0.2) is 4.39 Å². The molecule has 3 aromatic rings. The number of ether oxygens (including phenoxy) is 3. The molecule has 0 saturated carbocycles. The van der Waals surface area contributed by atoms with Gasteiger partial charge in [0.25, 0.3) is 5.91 Å². The Morgan fingerprint density at radius 1 is 1.09 bits per heavy atom. The first kappa shape index (κ1) is 24.1. The number of fused-ring (bicyclic) bond motifs is 1. The van der Waals surface area contributed by atoms with Crippen LogP contribution in [-0.4, -0.2) is 37.0 Å². The normalized spacial score (nSPS) is 15.0. The van der Waals surface area contributed by atoms with E-state index in [1.807, 2.05) is 18.2 Å². The van der Waals surface area contributed by atoms with Crippen molar-refractivity contribution in [3.05, 3.63) is 83.2 Å². The van der Waals surface area contributed by atoms with E-state index >= 15 is 0 Å². The molecule has 1 atom stereocenters. The number of carbonyl (C=O) groups is 2. The van der Waals surface area contributed by atoms with Gasteiger partial charge in [0.15, 0.2) is 6.10 Å². The number of amides is 2. The molecular weight excluding hydrogens is 451 g/mol. The zero-order valence-electron chi connectivity index (χ0n) is 19.8. The molecule has 1 N–H and O–H groups in total. The summed E-state index contributed by atoms with van der Waals surface area (Å²) >= 11 is 0. The van der Waals surface area contributed by atoms with E-state index in [-0.39, 0.29) is 24.1 Å². The Bertz CT molecular complexity index is 1230. The summed E-state index contributed by atoms with van der Waals surface area (Å²) in [6.45, 7) is 2.34. The third-order valence-electron chi connectivity index (χ3n) is 5.80. The minimum absolute atomic E-state index is 0.118. The minimum atomic E-state index is -0.667. The van der Waals surface area contributed by atoms with Crippen molar-refractivity contribution in [2.24, 2.45) is 0 Å². The number of methoxy groups -OCH3 is 2. The van der Waals surface area contributed by atoms with Crippen LogP contribution in [0.2, 0.25) is 0 Å². The average Bonchev–Trinajstić information content (AvgIpc) is 2.96. The van der Waals surface area contributed by atoms with Crippen molar-refractivity contribution in [2.75, 3.05) is 19.5 Å². The Morgan fingerprint density at radius 3 is 2.57 bits per heavy atom. The van der Waals surface area contributed by atoms with E-state index in [4.69, 9.17) is 14.2 Å². The van der Waals surface area contributed by atoms with Crippen LogP contribution < -0.4 is 19.5 Å². The highest BCUT2D eigenvalue weighted by Gasteiger charge is 2.29. The van der Waals surface area contributed by atoms with Crippen LogP contribution >= 0.6 is 0 Å². The van der Waals surface area contributed by atoms with Crippen LogP contribution in [0.15, 0.2) is 60.7 Å². The molecule has 0 bridgehead atoms. The minimum Gasteiger partial charge on any atom is -0.497 e. The van der Waals surface area contributed by atoms with Gasteiger partial charge in [0, 0.05) is 36.0 Å². The molecule has 0 fully saturated rings. The lowest BCUT2D eigenvalue weighted by Crippen LogP contribution is -2.37. The van der Waals surface area contributed by atoms with E-state index in [0.717, 1.165) is 11.1 Å². The standard InChI is InChI=1S/C27H27FN2O5/c1-17-27(32)30(15-19-6-10-23(33-2)14-25(19)34-3)16-20-13-22(9-11-24(20)35-17)29-26(31)12-18-4-7-21(28)8-5-18/h4-11,13-14,17H,12,15-16H2,1-3H3,(H,29,31). The fraction of sp³-hybridized carbons (Fsp3) is 0.259. The van der Waals surface area contributed by atoms with E-state index in [1.165, 1.54) is 12.1 Å². The molecule has 1 aliphatic rings. The number of hydrogen-bond donors (Lipinski definition) is 1. The van der Waals surface area contributed by atoms with Crippen LogP contribution in [0.25, 0.3) is 0 Å². The smallest absolute Gasteiger partial charge is 0.263 e. The van der Waals surface area contributed by atoms with Gasteiger partial charge in [0.2, 0.25) is 5.91 Å². The van der Waals surface area contributed by atoms with Crippen molar-refractivity contribution in [1.82, 2.24) is 4.90 Å². The summed E-state index contributed by atoms with van der Waals surface area (Å²) in [6.07, 6.45) is -0.549. The molecule has 0 saturated heterocycles. The monoisotopic (exact) mass is 478 g/mol. The molecule has 2 amide bonds. The predicted octanol–water partition coefficient (Wildman–Crippen LogP) is 4.33. The van der Waals surface area contributed by atoms with Crippen LogP contribution in [0.3, 0.4) is 0 Å². The summed E-state index contributed by atoms with van der Waals surface area (Å²) in [5, 5.41) is 2.87. The summed E-state index contributed by atoms with van der Waals surface area (Å²) in [4.78, 5) is 27.3. The van der Waals surface area contributed by atoms with E-state index in [2.05, 4.69) is 5.32 Å². The van der Waals surface area contributed by atoms with Crippen molar-refractivity contribution in [3.63, 3.8) is 0 Å². The van der Waals surface area contributed by atoms with Gasteiger partial charge in [0.1, 0.15) is 23.1 Å². The second kappa shape index (κ2) is 10.5. The topological polar surface area (TPSA) is 77.1 Å². The van der Waals surface area contributed by atoms with Crippen molar-refractivity contribution < 1.29 is 28.2 Å². The number of benzene rings is 3. The molecule has 1 aliphatic heterocycles. The number of nitrogens with zero attached hydrogens (tertiary/aromatic N) is 1. The maximum Gasteiger partial charge on any atom is 0.263 e. The third kappa shape index (κ3) is 5.71. The van der Waals surface area contributed by atoms with Gasteiger partial charge in [-0.3, -0.25) is 9.59 Å². The summed E-state index contributed by atoms with van der Waals surface area (Å²) in [5.41, 5.74) is 2.90. The molecule has 0 aliphatic carbocycles. The van der Waals surface area contributed by atoms with Crippen molar-refractivity contribution in [2.45, 2.75) is 32.5 Å². The predicted molar refractivity (Wildman–Crippen MR) is 129 cm³/mol. The molecule has 1 unspecified atom stereocenters. The van der Waals surface area contributed by atoms with Gasteiger partial charge in [0.05, 0.1) is 20.6 Å². The van der Waals surface area contributed by atoms with E-state index < -0.39 is 6.10 Å². The summed E-state index contributed by atoms with van der Waals surface area (Å²) in [7, 11) is 3.16. The van der Waals surface area contributed by atoms with E-state index in [1.54, 1.807) is 56.4 Å². The zero-order chi connectivity index (χ0) is 24.9. The average molecular weight is 479 g/mol. The first-order valence-corrected chi connectivity index (χ1v) is 11.2. The molecule has 0 radical (unpaired) electrons. The van der Waals surface area contributed by atoms with Crippen molar-refractivity contribution >= 4 is 17.5 Å². The third-order valence-corrected chi connectivity index (χ3v) is 5.80. The van der Waals surface area contributed by atoms with Gasteiger partial charge in [-0.05, 0) is 55.0 Å². The highest BCUT2D eigenvalue weighted by molar-refractivity contribution is 5.92. The summed E-state index contributed by atoms with van der Waals surface area (Å²) in [6, 6.07) is 16.6. The van der Waals surface area contributed by atoms with Crippen LogP contribution in [0, 0.1) is 5.82 Å². The molecule has 3 aromatic carbocycles. The molecule has 1 heterocycles. The molecule has 4 rings (SSSR count). The molecule has 8 heteroatoms. The molecule has 0 spiro atoms. The van der Waals surface area contributed by atoms with Gasteiger partial charge in [-0.1, -0.05) is 12.1 Å². The summed E-state index contributed by atoms with van der Waals surface area (Å²) in [5.74, 6) is 1.15.